The summed E-state index contributed by atoms with van der Waals surface area (Å²) in [6.45, 7) is 4.06. The molecular formula is C18H16N2O. The van der Waals surface area contributed by atoms with Gasteiger partial charge in [0, 0.05) is 16.7 Å². The summed E-state index contributed by atoms with van der Waals surface area (Å²) in [4.78, 5) is 19.3. The average Bonchev–Trinajstić information content (AvgIpc) is 2.80. The van der Waals surface area contributed by atoms with Crippen molar-refractivity contribution in [2.75, 3.05) is 4.90 Å². The molecule has 1 amide bonds. The Morgan fingerprint density at radius 3 is 2.71 bits per heavy atom. The Kier molecular flexibility index (Phi) is 2.52. The zero-order valence-corrected chi connectivity index (χ0v) is 12.2. The van der Waals surface area contributed by atoms with Gasteiger partial charge in [0.15, 0.2) is 0 Å². The van der Waals surface area contributed by atoms with E-state index in [1.54, 1.807) is 4.90 Å². The van der Waals surface area contributed by atoms with Crippen LogP contribution < -0.4 is 4.90 Å². The van der Waals surface area contributed by atoms with Crippen LogP contribution in [0.5, 0.6) is 0 Å². The van der Waals surface area contributed by atoms with Gasteiger partial charge in [0.25, 0.3) is 5.91 Å². The number of rotatable bonds is 0. The Balaban J connectivity index is 2.03. The topological polar surface area (TPSA) is 32.7 Å². The van der Waals surface area contributed by atoms with Gasteiger partial charge in [-0.1, -0.05) is 30.4 Å². The minimum absolute atomic E-state index is 0.0571. The Hall–Kier alpha value is -2.42. The van der Waals surface area contributed by atoms with Gasteiger partial charge in [0.2, 0.25) is 0 Å². The van der Waals surface area contributed by atoms with Crippen molar-refractivity contribution in [2.45, 2.75) is 26.7 Å². The first-order valence-electron chi connectivity index (χ1n) is 7.33. The van der Waals surface area contributed by atoms with Gasteiger partial charge in [0.05, 0.1) is 11.4 Å². The van der Waals surface area contributed by atoms with Crippen molar-refractivity contribution in [2.24, 2.45) is 4.99 Å². The maximum absolute atomic E-state index is 12.8. The van der Waals surface area contributed by atoms with E-state index in [0.717, 1.165) is 52.3 Å². The molecule has 0 spiro atoms. The number of anilines is 1. The zero-order chi connectivity index (χ0) is 14.6. The second-order valence-corrected chi connectivity index (χ2v) is 5.53. The van der Waals surface area contributed by atoms with Gasteiger partial charge in [-0.3, -0.25) is 9.69 Å². The first-order chi connectivity index (χ1) is 10.2. The molecule has 3 nitrogen and oxygen atoms in total. The molecule has 1 fully saturated rings. The molecule has 3 aliphatic rings. The molecule has 1 aromatic carbocycles. The SMILES string of the molecule is C/C=C1/N=C2C3=CCCC=C3C(=O)N2c2cccc(C)c21. The average molecular weight is 276 g/mol. The molecule has 2 aliphatic heterocycles. The van der Waals surface area contributed by atoms with E-state index in [9.17, 15) is 4.79 Å². The van der Waals surface area contributed by atoms with E-state index in [4.69, 9.17) is 4.99 Å². The standard InChI is InChI=1S/C18H16N2O/c1-3-14-16-11(2)7-6-10-15(16)20-17(19-14)12-8-4-5-9-13(12)18(20)21/h3,6-10H,4-5H2,1-2H3/b14-3+. The molecule has 1 saturated heterocycles. The van der Waals surface area contributed by atoms with E-state index in [2.05, 4.69) is 19.1 Å². The van der Waals surface area contributed by atoms with Gasteiger partial charge in [-0.2, -0.15) is 0 Å². The maximum atomic E-state index is 12.8. The number of aryl methyl sites for hydroxylation is 1. The fourth-order valence-electron chi connectivity index (χ4n) is 3.31. The molecule has 0 bridgehead atoms. The Morgan fingerprint density at radius 2 is 1.95 bits per heavy atom. The normalized spacial score (nSPS) is 21.4. The van der Waals surface area contributed by atoms with E-state index in [1.807, 2.05) is 31.2 Å². The molecule has 0 atom stereocenters. The monoisotopic (exact) mass is 276 g/mol. The van der Waals surface area contributed by atoms with Crippen LogP contribution in [0.3, 0.4) is 0 Å². The van der Waals surface area contributed by atoms with Crippen LogP contribution in [0.1, 0.15) is 30.9 Å². The Bertz CT molecular complexity index is 793. The maximum Gasteiger partial charge on any atom is 0.264 e. The summed E-state index contributed by atoms with van der Waals surface area (Å²) in [6, 6.07) is 6.08. The number of fused-ring (bicyclic) bond motifs is 5. The van der Waals surface area contributed by atoms with Crippen LogP contribution in [-0.4, -0.2) is 11.7 Å². The van der Waals surface area contributed by atoms with Crippen LogP contribution in [0.15, 0.2) is 52.6 Å². The van der Waals surface area contributed by atoms with E-state index >= 15 is 0 Å². The number of carbonyl (C=O) groups excluding carboxylic acids is 1. The van der Waals surface area contributed by atoms with E-state index in [-0.39, 0.29) is 5.91 Å². The minimum atomic E-state index is 0.0571. The third-order valence-electron chi connectivity index (χ3n) is 4.29. The van der Waals surface area contributed by atoms with Crippen molar-refractivity contribution in [3.63, 3.8) is 0 Å². The number of allylic oxidation sites excluding steroid dienone is 3. The lowest BCUT2D eigenvalue weighted by molar-refractivity contribution is -0.113. The predicted molar refractivity (Wildman–Crippen MR) is 85.2 cm³/mol. The number of amides is 1. The summed E-state index contributed by atoms with van der Waals surface area (Å²) >= 11 is 0. The highest BCUT2D eigenvalue weighted by molar-refractivity contribution is 6.40. The zero-order valence-electron chi connectivity index (χ0n) is 12.2. The lowest BCUT2D eigenvalue weighted by Gasteiger charge is -2.26. The smallest absolute Gasteiger partial charge is 0.264 e. The fourth-order valence-corrected chi connectivity index (χ4v) is 3.31. The number of carbonyl (C=O) groups is 1. The van der Waals surface area contributed by atoms with Crippen molar-refractivity contribution >= 4 is 23.1 Å². The fraction of sp³-hybridized carbons (Fsp3) is 0.222. The minimum Gasteiger partial charge on any atom is -0.268 e. The predicted octanol–water partition coefficient (Wildman–Crippen LogP) is 3.76. The van der Waals surface area contributed by atoms with Crippen LogP contribution in [-0.2, 0) is 4.79 Å². The van der Waals surface area contributed by atoms with Crippen LogP contribution in [0.25, 0.3) is 5.70 Å². The molecule has 0 unspecified atom stereocenters. The van der Waals surface area contributed by atoms with Crippen LogP contribution in [0, 0.1) is 6.92 Å². The summed E-state index contributed by atoms with van der Waals surface area (Å²) < 4.78 is 0. The largest absolute Gasteiger partial charge is 0.268 e. The van der Waals surface area contributed by atoms with Crippen LogP contribution in [0.2, 0.25) is 0 Å². The third kappa shape index (κ3) is 1.54. The number of benzene rings is 1. The summed E-state index contributed by atoms with van der Waals surface area (Å²) in [7, 11) is 0. The number of aliphatic imine (C=N–C) groups is 1. The number of amidine groups is 1. The van der Waals surface area contributed by atoms with Crippen molar-refractivity contribution < 1.29 is 4.79 Å². The van der Waals surface area contributed by atoms with Gasteiger partial charge in [0.1, 0.15) is 5.84 Å². The Labute approximate surface area is 124 Å². The summed E-state index contributed by atoms with van der Waals surface area (Å²) in [6.07, 6.45) is 8.11. The summed E-state index contributed by atoms with van der Waals surface area (Å²) in [5.41, 5.74) is 5.93. The molecular weight excluding hydrogens is 260 g/mol. The second kappa shape index (κ2) is 4.29. The molecule has 104 valence electrons. The summed E-state index contributed by atoms with van der Waals surface area (Å²) in [5, 5.41) is 0. The number of hydrogen-bond acceptors (Lipinski definition) is 2. The van der Waals surface area contributed by atoms with E-state index in [0.29, 0.717) is 0 Å². The lowest BCUT2D eigenvalue weighted by atomic mass is 9.98. The number of hydrogen-bond donors (Lipinski definition) is 0. The van der Waals surface area contributed by atoms with Crippen molar-refractivity contribution in [3.8, 4) is 0 Å². The third-order valence-corrected chi connectivity index (χ3v) is 4.29. The molecule has 21 heavy (non-hydrogen) atoms. The molecule has 0 N–H and O–H groups in total. The molecule has 0 aromatic heterocycles. The summed E-state index contributed by atoms with van der Waals surface area (Å²) in [5.74, 6) is 0.846. The number of nitrogens with zero attached hydrogens (tertiary/aromatic N) is 2. The second-order valence-electron chi connectivity index (χ2n) is 5.53. The molecule has 1 aliphatic carbocycles. The lowest BCUT2D eigenvalue weighted by Crippen LogP contribution is -2.32. The van der Waals surface area contributed by atoms with Crippen molar-refractivity contribution in [3.05, 3.63) is 58.7 Å². The quantitative estimate of drug-likeness (QED) is 0.710. The highest BCUT2D eigenvalue weighted by Gasteiger charge is 2.41. The van der Waals surface area contributed by atoms with Crippen molar-refractivity contribution in [1.82, 2.24) is 0 Å². The van der Waals surface area contributed by atoms with Crippen molar-refractivity contribution in [1.29, 1.82) is 0 Å². The van der Waals surface area contributed by atoms with Crippen LogP contribution >= 0.6 is 0 Å². The Morgan fingerprint density at radius 1 is 1.19 bits per heavy atom. The highest BCUT2D eigenvalue weighted by atomic mass is 16.2. The highest BCUT2D eigenvalue weighted by Crippen LogP contribution is 2.42. The molecule has 3 heteroatoms. The molecule has 0 radical (unpaired) electrons. The first-order valence-corrected chi connectivity index (χ1v) is 7.33. The molecule has 1 aromatic rings. The van der Waals surface area contributed by atoms with Gasteiger partial charge in [-0.25, -0.2) is 4.99 Å². The van der Waals surface area contributed by atoms with Gasteiger partial charge in [-0.15, -0.1) is 0 Å². The molecule has 4 rings (SSSR count). The first kappa shape index (κ1) is 12.3. The molecule has 2 heterocycles. The van der Waals surface area contributed by atoms with Gasteiger partial charge >= 0.3 is 0 Å². The van der Waals surface area contributed by atoms with Crippen LogP contribution in [0.4, 0.5) is 5.69 Å². The van der Waals surface area contributed by atoms with Gasteiger partial charge in [-0.05, 0) is 38.3 Å². The molecule has 0 saturated carbocycles. The van der Waals surface area contributed by atoms with E-state index < -0.39 is 0 Å². The van der Waals surface area contributed by atoms with E-state index in [1.165, 1.54) is 0 Å². The van der Waals surface area contributed by atoms with Gasteiger partial charge < -0.3 is 0 Å².